The van der Waals surface area contributed by atoms with Crippen LogP contribution in [0.4, 0.5) is 0 Å². The Bertz CT molecular complexity index is 964. The van der Waals surface area contributed by atoms with E-state index < -0.39 is 17.3 Å². The Kier molecular flexibility index (Phi) is 9.46. The molecule has 1 aliphatic carbocycles. The smallest absolute Gasteiger partial charge is 0.184 e. The third kappa shape index (κ3) is 5.96. The van der Waals surface area contributed by atoms with Crippen molar-refractivity contribution in [2.45, 2.75) is 64.1 Å². The van der Waals surface area contributed by atoms with E-state index in [0.717, 1.165) is 17.5 Å². The van der Waals surface area contributed by atoms with Crippen molar-refractivity contribution in [3.05, 3.63) is 83.9 Å². The molecule has 0 radical (unpaired) electrons. The summed E-state index contributed by atoms with van der Waals surface area (Å²) in [7, 11) is 0. The number of ether oxygens (including phenoxy) is 4. The average molecular weight is 465 g/mol. The molecule has 1 saturated carbocycles. The molecule has 182 valence electrons. The molecule has 0 aliphatic heterocycles. The van der Waals surface area contributed by atoms with E-state index in [0.29, 0.717) is 25.2 Å². The molecule has 0 aromatic heterocycles. The lowest BCUT2D eigenvalue weighted by Gasteiger charge is -2.53. The summed E-state index contributed by atoms with van der Waals surface area (Å²) in [5.41, 5.74) is 0.0716. The zero-order chi connectivity index (χ0) is 24.4. The number of hydrogen-bond donors (Lipinski definition) is 1. The third-order valence-electron chi connectivity index (χ3n) is 6.44. The van der Waals surface area contributed by atoms with E-state index in [1.165, 1.54) is 0 Å². The maximum absolute atomic E-state index is 12.0. The van der Waals surface area contributed by atoms with Gasteiger partial charge < -0.3 is 24.1 Å². The number of benzene rings is 2. The third-order valence-corrected chi connectivity index (χ3v) is 6.44. The minimum absolute atomic E-state index is 0.00106. The lowest BCUT2D eigenvalue weighted by Crippen LogP contribution is -2.67. The second-order valence-corrected chi connectivity index (χ2v) is 8.90. The Labute approximate surface area is 203 Å². The first-order chi connectivity index (χ1) is 16.4. The lowest BCUT2D eigenvalue weighted by atomic mass is 9.63. The van der Waals surface area contributed by atoms with Crippen LogP contribution in [-0.4, -0.2) is 36.0 Å². The molecule has 0 amide bonds. The topological polar surface area (TPSA) is 57.2 Å². The molecule has 5 nitrogen and oxygen atoms in total. The quantitative estimate of drug-likeness (QED) is 0.213. The molecular formula is C29H36O5. The first-order valence-electron chi connectivity index (χ1n) is 11.7. The van der Waals surface area contributed by atoms with Crippen LogP contribution < -0.4 is 0 Å². The van der Waals surface area contributed by atoms with Crippen molar-refractivity contribution >= 4 is 0 Å². The van der Waals surface area contributed by atoms with Crippen LogP contribution in [0.3, 0.4) is 0 Å². The van der Waals surface area contributed by atoms with Crippen molar-refractivity contribution in [1.82, 2.24) is 0 Å². The van der Waals surface area contributed by atoms with Gasteiger partial charge in [0.25, 0.3) is 0 Å². The van der Waals surface area contributed by atoms with Crippen molar-refractivity contribution in [3.8, 4) is 11.8 Å². The summed E-state index contributed by atoms with van der Waals surface area (Å²) < 4.78 is 24.0. The average Bonchev–Trinajstić information content (AvgIpc) is 2.84. The molecule has 0 spiro atoms. The highest BCUT2D eigenvalue weighted by atomic mass is 16.7. The standard InChI is InChI=1S/C29H36O5/c1-5-17-28(30)27(33-21-31-19-25-12-8-6-9-13-25)24(4)16-18-29(28,23(2)3)34-22-32-20-26-14-10-7-11-15-26/h6-15,24,27,30H,2,16,18-22H2,1,3-4H3. The highest BCUT2D eigenvalue weighted by Crippen LogP contribution is 2.47. The molecule has 34 heavy (non-hydrogen) atoms. The van der Waals surface area contributed by atoms with E-state index in [2.05, 4.69) is 25.3 Å². The second-order valence-electron chi connectivity index (χ2n) is 8.90. The molecule has 5 heteroatoms. The number of aliphatic hydroxyl groups is 1. The van der Waals surface area contributed by atoms with Gasteiger partial charge in [0.15, 0.2) is 5.60 Å². The van der Waals surface area contributed by atoms with Gasteiger partial charge in [-0.25, -0.2) is 0 Å². The van der Waals surface area contributed by atoms with Crippen molar-refractivity contribution < 1.29 is 24.1 Å². The van der Waals surface area contributed by atoms with Crippen molar-refractivity contribution in [3.63, 3.8) is 0 Å². The van der Waals surface area contributed by atoms with E-state index in [4.69, 9.17) is 18.9 Å². The molecule has 0 bridgehead atoms. The molecule has 1 aliphatic rings. The first-order valence-corrected chi connectivity index (χ1v) is 11.7. The number of rotatable bonds is 11. The maximum atomic E-state index is 12.0. The highest BCUT2D eigenvalue weighted by Gasteiger charge is 2.61. The maximum Gasteiger partial charge on any atom is 0.184 e. The summed E-state index contributed by atoms with van der Waals surface area (Å²) >= 11 is 0. The van der Waals surface area contributed by atoms with Crippen molar-refractivity contribution in [2.24, 2.45) is 5.92 Å². The fraction of sp³-hybridized carbons (Fsp3) is 0.448. The van der Waals surface area contributed by atoms with E-state index in [1.807, 2.05) is 67.6 Å². The zero-order valence-electron chi connectivity index (χ0n) is 20.5. The summed E-state index contributed by atoms with van der Waals surface area (Å²) in [4.78, 5) is 0. The fourth-order valence-corrected chi connectivity index (χ4v) is 4.64. The van der Waals surface area contributed by atoms with Crippen LogP contribution in [0.2, 0.25) is 0 Å². The molecular weight excluding hydrogens is 428 g/mol. The minimum Gasteiger partial charge on any atom is -0.372 e. The zero-order valence-corrected chi connectivity index (χ0v) is 20.5. The van der Waals surface area contributed by atoms with Gasteiger partial charge in [-0.3, -0.25) is 0 Å². The summed E-state index contributed by atoms with van der Waals surface area (Å²) in [5.74, 6) is 5.95. The van der Waals surface area contributed by atoms with E-state index >= 15 is 0 Å². The predicted octanol–water partition coefficient (Wildman–Crippen LogP) is 5.24. The monoisotopic (exact) mass is 464 g/mol. The van der Waals surface area contributed by atoms with Crippen LogP contribution in [0.15, 0.2) is 72.8 Å². The molecule has 2 aromatic rings. The van der Waals surface area contributed by atoms with Gasteiger partial charge in [-0.15, -0.1) is 5.92 Å². The summed E-state index contributed by atoms with van der Waals surface area (Å²) in [5, 5.41) is 12.0. The van der Waals surface area contributed by atoms with Gasteiger partial charge in [0, 0.05) is 0 Å². The van der Waals surface area contributed by atoms with Crippen molar-refractivity contribution in [1.29, 1.82) is 0 Å². The van der Waals surface area contributed by atoms with Crippen molar-refractivity contribution in [2.75, 3.05) is 13.6 Å². The number of hydrogen-bond acceptors (Lipinski definition) is 5. The van der Waals surface area contributed by atoms with Crippen LogP contribution in [0.1, 0.15) is 44.7 Å². The van der Waals surface area contributed by atoms with Crippen LogP contribution in [-0.2, 0) is 32.2 Å². The highest BCUT2D eigenvalue weighted by molar-refractivity contribution is 5.35. The van der Waals surface area contributed by atoms with Gasteiger partial charge in [-0.1, -0.05) is 80.1 Å². The Hall–Kier alpha value is -2.46. The van der Waals surface area contributed by atoms with E-state index in [1.54, 1.807) is 6.92 Å². The molecule has 4 atom stereocenters. The van der Waals surface area contributed by atoms with Gasteiger partial charge in [0.1, 0.15) is 25.3 Å². The Morgan fingerprint density at radius 2 is 1.56 bits per heavy atom. The largest absolute Gasteiger partial charge is 0.372 e. The molecule has 1 N–H and O–H groups in total. The SMILES string of the molecule is C=C(C)C1(OCOCc2ccccc2)CCC(C)C(OCOCc2ccccc2)C1(O)C#CC. The second kappa shape index (κ2) is 12.3. The molecule has 3 rings (SSSR count). The van der Waals surface area contributed by atoms with Crippen LogP contribution >= 0.6 is 0 Å². The molecule has 4 unspecified atom stereocenters. The Morgan fingerprint density at radius 1 is 1.00 bits per heavy atom. The van der Waals surface area contributed by atoms with Crippen LogP contribution in [0.5, 0.6) is 0 Å². The summed E-state index contributed by atoms with van der Waals surface area (Å²) in [6.07, 6.45) is 0.728. The first kappa shape index (κ1) is 26.2. The minimum atomic E-state index is -1.60. The molecule has 1 fully saturated rings. The molecule has 0 saturated heterocycles. The van der Waals surface area contributed by atoms with Gasteiger partial charge in [0.05, 0.1) is 13.2 Å². The van der Waals surface area contributed by atoms with Gasteiger partial charge in [0.2, 0.25) is 0 Å². The van der Waals surface area contributed by atoms with Gasteiger partial charge in [-0.05, 0) is 49.3 Å². The van der Waals surface area contributed by atoms with Crippen LogP contribution in [0, 0.1) is 17.8 Å². The van der Waals surface area contributed by atoms with Crippen LogP contribution in [0.25, 0.3) is 0 Å². The summed E-state index contributed by atoms with van der Waals surface area (Å²) in [6, 6.07) is 19.8. The molecule has 0 heterocycles. The predicted molar refractivity (Wildman–Crippen MR) is 132 cm³/mol. The molecule has 2 aromatic carbocycles. The summed E-state index contributed by atoms with van der Waals surface area (Å²) in [6.45, 7) is 10.7. The normalized spacial score (nSPS) is 26.5. The Balaban J connectivity index is 1.70. The van der Waals surface area contributed by atoms with Gasteiger partial charge in [-0.2, -0.15) is 0 Å². The van der Waals surface area contributed by atoms with E-state index in [9.17, 15) is 5.11 Å². The van der Waals surface area contributed by atoms with Gasteiger partial charge >= 0.3 is 0 Å². The Morgan fingerprint density at radius 3 is 2.09 bits per heavy atom. The fourth-order valence-electron chi connectivity index (χ4n) is 4.64. The lowest BCUT2D eigenvalue weighted by molar-refractivity contribution is -0.264. The van der Waals surface area contributed by atoms with E-state index in [-0.39, 0.29) is 19.5 Å².